The van der Waals surface area contributed by atoms with Crippen molar-refractivity contribution in [3.63, 3.8) is 0 Å². The fourth-order valence-corrected chi connectivity index (χ4v) is 8.22. The molecule has 6 nitrogen and oxygen atoms in total. The molecule has 2 saturated carbocycles. The molecule has 6 heteroatoms. The maximum absolute atomic E-state index is 12.2. The van der Waals surface area contributed by atoms with Gasteiger partial charge in [0, 0.05) is 55.9 Å². The Morgan fingerprint density at radius 1 is 1.00 bits per heavy atom. The molecule has 2 aliphatic carbocycles. The molecule has 0 aromatic carbocycles. The van der Waals surface area contributed by atoms with Crippen molar-refractivity contribution in [1.29, 1.82) is 0 Å². The third-order valence-electron chi connectivity index (χ3n) is 9.90. The number of hydrogen-bond acceptors (Lipinski definition) is 6. The maximum atomic E-state index is 12.2. The normalized spacial score (nSPS) is 36.6. The molecular weight excluding hydrogens is 422 g/mol. The van der Waals surface area contributed by atoms with E-state index < -0.39 is 0 Å². The van der Waals surface area contributed by atoms with Crippen LogP contribution < -0.4 is 4.90 Å². The number of hydrogen-bond donors (Lipinski definition) is 0. The molecular formula is C28H43N5O. The van der Waals surface area contributed by atoms with Crippen molar-refractivity contribution in [3.8, 4) is 0 Å². The van der Waals surface area contributed by atoms with E-state index in [2.05, 4.69) is 48.0 Å². The molecule has 0 N–H and O–H groups in total. The zero-order chi connectivity index (χ0) is 23.4. The van der Waals surface area contributed by atoms with Gasteiger partial charge in [-0.2, -0.15) is 0 Å². The van der Waals surface area contributed by atoms with Crippen LogP contribution >= 0.6 is 0 Å². The fraction of sp³-hybridized carbons (Fsp3) is 0.821. The van der Waals surface area contributed by atoms with Crippen LogP contribution in [0.3, 0.4) is 0 Å². The van der Waals surface area contributed by atoms with Gasteiger partial charge in [0.05, 0.1) is 0 Å². The molecule has 4 heterocycles. The summed E-state index contributed by atoms with van der Waals surface area (Å²) >= 11 is 0. The molecule has 1 aromatic heterocycles. The summed E-state index contributed by atoms with van der Waals surface area (Å²) in [5, 5.41) is 0. The standard InChI is InChI=1S/C28H43N5O/c1-19(2)26(34)22-12-28(13-22)10-20(11-28)16-32-8-6-21(7-9-32)23-14-29-27(30-15-23)33-24-4-5-25(33)18-31(3)17-24/h14-15,19-22,24-25H,4-13,16-18H2,1-3H3/t20-,22-,24?,25?,28?. The molecule has 3 saturated heterocycles. The summed E-state index contributed by atoms with van der Waals surface area (Å²) in [5.74, 6) is 3.50. The van der Waals surface area contributed by atoms with Crippen LogP contribution in [0.25, 0.3) is 0 Å². The summed E-state index contributed by atoms with van der Waals surface area (Å²) in [6, 6.07) is 1.18. The minimum Gasteiger partial charge on any atom is -0.332 e. The molecule has 0 radical (unpaired) electrons. The topological polar surface area (TPSA) is 52.6 Å². The van der Waals surface area contributed by atoms with Crippen LogP contribution in [0.2, 0.25) is 0 Å². The van der Waals surface area contributed by atoms with Gasteiger partial charge in [0.25, 0.3) is 0 Å². The van der Waals surface area contributed by atoms with Crippen LogP contribution in [0.1, 0.15) is 76.7 Å². The van der Waals surface area contributed by atoms with Crippen molar-refractivity contribution in [2.45, 2.75) is 83.2 Å². The van der Waals surface area contributed by atoms with Gasteiger partial charge in [-0.25, -0.2) is 9.97 Å². The number of likely N-dealkylation sites (tertiary alicyclic amines) is 2. The van der Waals surface area contributed by atoms with E-state index in [9.17, 15) is 4.79 Å². The molecule has 0 amide bonds. The smallest absolute Gasteiger partial charge is 0.225 e. The highest BCUT2D eigenvalue weighted by Crippen LogP contribution is 2.61. The first-order chi connectivity index (χ1) is 16.4. The zero-order valence-electron chi connectivity index (χ0n) is 21.5. The van der Waals surface area contributed by atoms with Gasteiger partial charge in [-0.3, -0.25) is 4.79 Å². The van der Waals surface area contributed by atoms with E-state index in [0.717, 1.165) is 25.0 Å². The minimum absolute atomic E-state index is 0.211. The SMILES string of the molecule is CC(C)C(=O)[C@H]1CC2(C[C@H](CN3CCC(c4cnc(N5C6CCC5CN(C)C6)nc4)CC3)C2)C1. The minimum atomic E-state index is 0.211. The van der Waals surface area contributed by atoms with E-state index in [1.807, 2.05) is 0 Å². The summed E-state index contributed by atoms with van der Waals surface area (Å²) in [7, 11) is 2.24. The molecule has 2 unspecified atom stereocenters. The number of fused-ring (bicyclic) bond motifs is 2. The Bertz CT molecular complexity index is 865. The van der Waals surface area contributed by atoms with E-state index in [4.69, 9.17) is 9.97 Å². The monoisotopic (exact) mass is 465 g/mol. The molecule has 34 heavy (non-hydrogen) atoms. The van der Waals surface area contributed by atoms with Gasteiger partial charge in [-0.05, 0) is 94.3 Å². The molecule has 186 valence electrons. The van der Waals surface area contributed by atoms with Crippen LogP contribution in [-0.4, -0.2) is 77.4 Å². The zero-order valence-corrected chi connectivity index (χ0v) is 21.5. The Morgan fingerprint density at radius 3 is 2.21 bits per heavy atom. The van der Waals surface area contributed by atoms with Gasteiger partial charge < -0.3 is 14.7 Å². The van der Waals surface area contributed by atoms with Crippen molar-refractivity contribution in [2.75, 3.05) is 44.7 Å². The highest BCUT2D eigenvalue weighted by molar-refractivity contribution is 5.83. The predicted octanol–water partition coefficient (Wildman–Crippen LogP) is 3.97. The lowest BCUT2D eigenvalue weighted by Crippen LogP contribution is -2.53. The van der Waals surface area contributed by atoms with Crippen LogP contribution in [0.15, 0.2) is 12.4 Å². The quantitative estimate of drug-likeness (QED) is 0.634. The first-order valence-corrected chi connectivity index (χ1v) is 13.9. The van der Waals surface area contributed by atoms with Gasteiger partial charge in [-0.15, -0.1) is 0 Å². The molecule has 3 aliphatic heterocycles. The lowest BCUT2D eigenvalue weighted by Gasteiger charge is -2.58. The molecule has 5 fully saturated rings. The van der Waals surface area contributed by atoms with Crippen molar-refractivity contribution < 1.29 is 4.79 Å². The second kappa shape index (κ2) is 8.85. The largest absolute Gasteiger partial charge is 0.332 e. The summed E-state index contributed by atoms with van der Waals surface area (Å²) in [6.45, 7) is 10.0. The van der Waals surface area contributed by atoms with E-state index in [1.54, 1.807) is 0 Å². The number of Topliss-reactive ketones (excluding diaryl/α,β-unsaturated/α-hetero) is 1. The second-order valence-corrected chi connectivity index (χ2v) is 12.8. The molecule has 6 rings (SSSR count). The van der Waals surface area contributed by atoms with Gasteiger partial charge in [0.15, 0.2) is 0 Å². The summed E-state index contributed by atoms with van der Waals surface area (Å²) in [6.07, 6.45) is 14.3. The van der Waals surface area contributed by atoms with Crippen molar-refractivity contribution in [3.05, 3.63) is 18.0 Å². The van der Waals surface area contributed by atoms with Crippen molar-refractivity contribution >= 4 is 11.7 Å². The second-order valence-electron chi connectivity index (χ2n) is 12.8. The van der Waals surface area contributed by atoms with E-state index in [-0.39, 0.29) is 5.92 Å². The van der Waals surface area contributed by atoms with Gasteiger partial charge in [0.2, 0.25) is 5.95 Å². The van der Waals surface area contributed by atoms with Crippen LogP contribution in [-0.2, 0) is 4.79 Å². The third-order valence-corrected chi connectivity index (χ3v) is 9.90. The van der Waals surface area contributed by atoms with E-state index in [1.165, 1.54) is 76.6 Å². The molecule has 1 spiro atoms. The molecule has 1 aromatic rings. The predicted molar refractivity (Wildman–Crippen MR) is 135 cm³/mol. The Morgan fingerprint density at radius 2 is 1.62 bits per heavy atom. The molecule has 2 bridgehead atoms. The van der Waals surface area contributed by atoms with Crippen molar-refractivity contribution in [1.82, 2.24) is 19.8 Å². The first kappa shape index (κ1) is 22.9. The van der Waals surface area contributed by atoms with Gasteiger partial charge >= 0.3 is 0 Å². The number of piperazine rings is 1. The number of aromatic nitrogens is 2. The lowest BCUT2D eigenvalue weighted by molar-refractivity contribution is -0.142. The summed E-state index contributed by atoms with van der Waals surface area (Å²) in [4.78, 5) is 29.6. The number of carbonyl (C=O) groups excluding carboxylic acids is 1. The van der Waals surface area contributed by atoms with Gasteiger partial charge in [-0.1, -0.05) is 13.8 Å². The summed E-state index contributed by atoms with van der Waals surface area (Å²) < 4.78 is 0. The van der Waals surface area contributed by atoms with Crippen LogP contribution in [0.4, 0.5) is 5.95 Å². The number of carbonyl (C=O) groups is 1. The fourth-order valence-electron chi connectivity index (χ4n) is 8.22. The number of ketones is 1. The summed E-state index contributed by atoms with van der Waals surface area (Å²) in [5.41, 5.74) is 1.88. The number of anilines is 1. The van der Waals surface area contributed by atoms with E-state index in [0.29, 0.717) is 35.1 Å². The number of nitrogens with zero attached hydrogens (tertiary/aromatic N) is 5. The lowest BCUT2D eigenvalue weighted by atomic mass is 9.47. The van der Waals surface area contributed by atoms with E-state index >= 15 is 0 Å². The highest BCUT2D eigenvalue weighted by atomic mass is 16.1. The Kier molecular flexibility index (Phi) is 5.96. The number of rotatable bonds is 6. The maximum Gasteiger partial charge on any atom is 0.225 e. The number of likely N-dealkylation sites (N-methyl/N-ethyl adjacent to an activating group) is 1. The van der Waals surface area contributed by atoms with Crippen LogP contribution in [0, 0.1) is 23.2 Å². The van der Waals surface area contributed by atoms with Crippen molar-refractivity contribution in [2.24, 2.45) is 23.2 Å². The Balaban J connectivity index is 0.952. The molecule has 5 aliphatic rings. The average molecular weight is 466 g/mol. The van der Waals surface area contributed by atoms with Crippen LogP contribution in [0.5, 0.6) is 0 Å². The van der Waals surface area contributed by atoms with Gasteiger partial charge in [0.1, 0.15) is 5.78 Å². The number of piperidine rings is 1. The Labute approximate surface area is 205 Å². The average Bonchev–Trinajstić information content (AvgIpc) is 3.05. The Hall–Kier alpha value is -1.53. The molecule has 2 atom stereocenters. The highest BCUT2D eigenvalue weighted by Gasteiger charge is 2.54. The first-order valence-electron chi connectivity index (χ1n) is 13.9. The third kappa shape index (κ3) is 4.19.